The zero-order chi connectivity index (χ0) is 12.1. The maximum absolute atomic E-state index is 3.74. The van der Waals surface area contributed by atoms with E-state index in [2.05, 4.69) is 43.1 Å². The van der Waals surface area contributed by atoms with Crippen LogP contribution in [0.3, 0.4) is 0 Å². The summed E-state index contributed by atoms with van der Waals surface area (Å²) in [4.78, 5) is 0. The molecule has 1 nitrogen and oxygen atoms in total. The van der Waals surface area contributed by atoms with Crippen molar-refractivity contribution in [2.24, 2.45) is 0 Å². The first-order valence-corrected chi connectivity index (χ1v) is 6.70. The molecule has 0 spiro atoms. The molecule has 17 heavy (non-hydrogen) atoms. The van der Waals surface area contributed by atoms with E-state index in [1.165, 1.54) is 30.4 Å². The van der Waals surface area contributed by atoms with E-state index in [9.17, 15) is 0 Å². The van der Waals surface area contributed by atoms with Crippen LogP contribution in [0.2, 0.25) is 0 Å². The Morgan fingerprint density at radius 3 is 2.65 bits per heavy atom. The average molecular weight is 229 g/mol. The molecule has 1 fully saturated rings. The van der Waals surface area contributed by atoms with E-state index >= 15 is 0 Å². The number of allylic oxidation sites excluding steroid dienone is 1. The van der Waals surface area contributed by atoms with Crippen molar-refractivity contribution in [2.45, 2.75) is 44.6 Å². The van der Waals surface area contributed by atoms with Crippen LogP contribution in [0.4, 0.5) is 0 Å². The highest BCUT2D eigenvalue weighted by Gasteiger charge is 2.29. The van der Waals surface area contributed by atoms with Crippen LogP contribution in [0, 0.1) is 6.92 Å². The molecule has 1 aromatic carbocycles. The van der Waals surface area contributed by atoms with Gasteiger partial charge < -0.3 is 5.32 Å². The molecule has 0 bridgehead atoms. The maximum atomic E-state index is 3.74. The third kappa shape index (κ3) is 3.44. The third-order valence-corrected chi connectivity index (χ3v) is 3.70. The summed E-state index contributed by atoms with van der Waals surface area (Å²) in [5.74, 6) is 0.785. The first-order chi connectivity index (χ1) is 8.29. The number of hydrogen-bond donors (Lipinski definition) is 1. The van der Waals surface area contributed by atoms with E-state index in [1.807, 2.05) is 6.08 Å². The summed E-state index contributed by atoms with van der Waals surface area (Å²) in [7, 11) is 0. The number of rotatable bonds is 6. The van der Waals surface area contributed by atoms with Crippen LogP contribution in [-0.2, 0) is 0 Å². The van der Waals surface area contributed by atoms with Gasteiger partial charge in [-0.2, -0.15) is 0 Å². The van der Waals surface area contributed by atoms with Crippen molar-refractivity contribution >= 4 is 0 Å². The molecule has 0 radical (unpaired) electrons. The Labute approximate surface area is 105 Å². The van der Waals surface area contributed by atoms with Gasteiger partial charge in [0, 0.05) is 6.04 Å². The summed E-state index contributed by atoms with van der Waals surface area (Å²) in [5.41, 5.74) is 2.87. The lowest BCUT2D eigenvalue weighted by atomic mass is 9.76. The Balaban J connectivity index is 1.68. The molecule has 0 aromatic heterocycles. The van der Waals surface area contributed by atoms with E-state index in [4.69, 9.17) is 0 Å². The van der Waals surface area contributed by atoms with E-state index < -0.39 is 0 Å². The molecule has 1 aliphatic rings. The topological polar surface area (TPSA) is 12.0 Å². The fourth-order valence-electron chi connectivity index (χ4n) is 2.45. The highest BCUT2D eigenvalue weighted by Crippen LogP contribution is 2.36. The number of aryl methyl sites for hydroxylation is 1. The lowest BCUT2D eigenvalue weighted by Crippen LogP contribution is -2.40. The smallest absolute Gasteiger partial charge is 0.00787 e. The minimum Gasteiger partial charge on any atom is -0.314 e. The molecule has 0 aliphatic heterocycles. The van der Waals surface area contributed by atoms with Gasteiger partial charge in [0.15, 0.2) is 0 Å². The summed E-state index contributed by atoms with van der Waals surface area (Å²) < 4.78 is 0. The van der Waals surface area contributed by atoms with Gasteiger partial charge in [-0.1, -0.05) is 35.9 Å². The first kappa shape index (κ1) is 12.4. The van der Waals surface area contributed by atoms with E-state index in [0.29, 0.717) is 0 Å². The molecule has 0 atom stereocenters. The molecule has 1 aliphatic carbocycles. The fraction of sp³-hybridized carbons (Fsp3) is 0.500. The zero-order valence-electron chi connectivity index (χ0n) is 10.8. The number of unbranched alkanes of at least 4 members (excludes halogenated alkanes) is 1. The van der Waals surface area contributed by atoms with Gasteiger partial charge in [0.05, 0.1) is 0 Å². The molecule has 1 N–H and O–H groups in total. The molecule has 0 saturated heterocycles. The molecule has 1 saturated carbocycles. The van der Waals surface area contributed by atoms with Gasteiger partial charge in [-0.15, -0.1) is 6.58 Å². The van der Waals surface area contributed by atoms with Gasteiger partial charge in [-0.25, -0.2) is 0 Å². The van der Waals surface area contributed by atoms with E-state index in [0.717, 1.165) is 24.9 Å². The second-order valence-corrected chi connectivity index (χ2v) is 5.16. The first-order valence-electron chi connectivity index (χ1n) is 6.70. The van der Waals surface area contributed by atoms with Crippen LogP contribution < -0.4 is 5.32 Å². The zero-order valence-corrected chi connectivity index (χ0v) is 10.8. The minimum absolute atomic E-state index is 0.742. The molecule has 2 rings (SSSR count). The van der Waals surface area contributed by atoms with Gasteiger partial charge in [-0.3, -0.25) is 0 Å². The predicted molar refractivity (Wildman–Crippen MR) is 74.4 cm³/mol. The van der Waals surface area contributed by atoms with Gasteiger partial charge in [0.1, 0.15) is 0 Å². The van der Waals surface area contributed by atoms with Crippen molar-refractivity contribution in [3.8, 4) is 0 Å². The highest BCUT2D eigenvalue weighted by atomic mass is 14.9. The number of hydrogen-bond acceptors (Lipinski definition) is 1. The molecule has 1 aromatic rings. The van der Waals surface area contributed by atoms with Gasteiger partial charge in [-0.05, 0) is 50.6 Å². The average Bonchev–Trinajstić information content (AvgIpc) is 2.28. The van der Waals surface area contributed by atoms with Crippen molar-refractivity contribution in [1.29, 1.82) is 0 Å². The Kier molecular flexibility index (Phi) is 4.38. The minimum atomic E-state index is 0.742. The van der Waals surface area contributed by atoms with Gasteiger partial charge in [0.2, 0.25) is 0 Å². The SMILES string of the molecule is C=CCCCNC1CC(c2ccc(C)cc2)C1. The van der Waals surface area contributed by atoms with Gasteiger partial charge in [0.25, 0.3) is 0 Å². The predicted octanol–water partition coefficient (Wildman–Crippen LogP) is 3.80. The van der Waals surface area contributed by atoms with Crippen molar-refractivity contribution < 1.29 is 0 Å². The Morgan fingerprint density at radius 2 is 2.00 bits per heavy atom. The lowest BCUT2D eigenvalue weighted by molar-refractivity contribution is 0.291. The van der Waals surface area contributed by atoms with Gasteiger partial charge >= 0.3 is 0 Å². The van der Waals surface area contributed by atoms with Crippen LogP contribution in [0.1, 0.15) is 42.7 Å². The standard InChI is InChI=1S/C16H23N/c1-3-4-5-10-17-16-11-15(12-16)14-8-6-13(2)7-9-14/h3,6-9,15-17H,1,4-5,10-12H2,2H3. The Hall–Kier alpha value is -1.08. The van der Waals surface area contributed by atoms with E-state index in [1.54, 1.807) is 0 Å². The second kappa shape index (κ2) is 6.02. The van der Waals surface area contributed by atoms with Crippen LogP contribution in [0.15, 0.2) is 36.9 Å². The monoisotopic (exact) mass is 229 g/mol. The molecular formula is C16H23N. The van der Waals surface area contributed by atoms with Crippen molar-refractivity contribution in [3.05, 3.63) is 48.0 Å². The van der Waals surface area contributed by atoms with E-state index in [-0.39, 0.29) is 0 Å². The lowest BCUT2D eigenvalue weighted by Gasteiger charge is -2.36. The normalized spacial score (nSPS) is 23.1. The Morgan fingerprint density at radius 1 is 1.29 bits per heavy atom. The summed E-state index contributed by atoms with van der Waals surface area (Å²) in [6.07, 6.45) is 6.95. The number of benzene rings is 1. The summed E-state index contributed by atoms with van der Waals surface area (Å²) in [6, 6.07) is 9.76. The van der Waals surface area contributed by atoms with Crippen LogP contribution in [0.25, 0.3) is 0 Å². The van der Waals surface area contributed by atoms with Crippen LogP contribution in [-0.4, -0.2) is 12.6 Å². The highest BCUT2D eigenvalue weighted by molar-refractivity contribution is 5.26. The summed E-state index contributed by atoms with van der Waals surface area (Å²) in [5, 5.41) is 3.62. The summed E-state index contributed by atoms with van der Waals surface area (Å²) >= 11 is 0. The number of nitrogens with one attached hydrogen (secondary N) is 1. The molecule has 0 heterocycles. The molecular weight excluding hydrogens is 206 g/mol. The quantitative estimate of drug-likeness (QED) is 0.578. The Bertz CT molecular complexity index is 346. The van der Waals surface area contributed by atoms with Crippen LogP contribution >= 0.6 is 0 Å². The van der Waals surface area contributed by atoms with Crippen LogP contribution in [0.5, 0.6) is 0 Å². The maximum Gasteiger partial charge on any atom is 0.00787 e. The molecule has 0 amide bonds. The van der Waals surface area contributed by atoms with Crippen molar-refractivity contribution in [2.75, 3.05) is 6.54 Å². The van der Waals surface area contributed by atoms with Crippen molar-refractivity contribution in [1.82, 2.24) is 5.32 Å². The third-order valence-electron chi connectivity index (χ3n) is 3.70. The molecule has 0 unspecified atom stereocenters. The summed E-state index contributed by atoms with van der Waals surface area (Å²) in [6.45, 7) is 7.03. The second-order valence-electron chi connectivity index (χ2n) is 5.16. The molecule has 1 heteroatoms. The largest absolute Gasteiger partial charge is 0.314 e. The molecule has 92 valence electrons. The fourth-order valence-corrected chi connectivity index (χ4v) is 2.45. The van der Waals surface area contributed by atoms with Crippen molar-refractivity contribution in [3.63, 3.8) is 0 Å².